The Morgan fingerprint density at radius 3 is 2.71 bits per heavy atom. The van der Waals surface area contributed by atoms with Gasteiger partial charge in [0.25, 0.3) is 0 Å². The van der Waals surface area contributed by atoms with Gasteiger partial charge in [-0.15, -0.1) is 11.8 Å². The largest absolute Gasteiger partial charge is 0.480 e. The molecule has 2 aliphatic rings. The first-order chi connectivity index (χ1) is 8.05. The van der Waals surface area contributed by atoms with Crippen molar-refractivity contribution in [3.05, 3.63) is 0 Å². The minimum Gasteiger partial charge on any atom is -0.480 e. The van der Waals surface area contributed by atoms with Crippen molar-refractivity contribution in [1.82, 2.24) is 4.90 Å². The van der Waals surface area contributed by atoms with Gasteiger partial charge in [0.05, 0.1) is 5.25 Å². The Balaban J connectivity index is 2.10. The number of rotatable bonds is 2. The Labute approximate surface area is 106 Å². The Hall–Kier alpha value is -0.710. The Morgan fingerprint density at radius 1 is 1.35 bits per heavy atom. The third kappa shape index (κ3) is 2.30. The Morgan fingerprint density at radius 2 is 2.12 bits per heavy atom. The highest BCUT2D eigenvalue weighted by Crippen LogP contribution is 2.34. The summed E-state index contributed by atoms with van der Waals surface area (Å²) in [6.45, 7) is 2.27. The number of aliphatic carboxylic acids is 1. The first-order valence-electron chi connectivity index (χ1n) is 6.22. The maximum absolute atomic E-state index is 12.4. The van der Waals surface area contributed by atoms with Crippen LogP contribution in [0.15, 0.2) is 0 Å². The van der Waals surface area contributed by atoms with Gasteiger partial charge in [-0.25, -0.2) is 4.79 Å². The number of carbonyl (C=O) groups excluding carboxylic acids is 1. The lowest BCUT2D eigenvalue weighted by Gasteiger charge is -2.34. The molecule has 2 fully saturated rings. The van der Waals surface area contributed by atoms with Crippen LogP contribution in [0.3, 0.4) is 0 Å². The summed E-state index contributed by atoms with van der Waals surface area (Å²) < 4.78 is 0. The van der Waals surface area contributed by atoms with Gasteiger partial charge in [-0.2, -0.15) is 0 Å². The third-order valence-corrected chi connectivity index (χ3v) is 5.19. The van der Waals surface area contributed by atoms with Crippen LogP contribution in [0.1, 0.15) is 39.0 Å². The second-order valence-corrected chi connectivity index (χ2v) is 6.34. The summed E-state index contributed by atoms with van der Waals surface area (Å²) in [5, 5.41) is 9.28. The number of carboxylic acid groups (broad SMARTS) is 1. The van der Waals surface area contributed by atoms with Crippen LogP contribution < -0.4 is 0 Å². The molecule has 0 spiro atoms. The average molecular weight is 257 g/mol. The number of amides is 1. The molecular formula is C12H19NO3S. The molecule has 0 bridgehead atoms. The molecule has 1 amide bonds. The van der Waals surface area contributed by atoms with E-state index in [9.17, 15) is 14.7 Å². The predicted molar refractivity (Wildman–Crippen MR) is 67.1 cm³/mol. The summed E-state index contributed by atoms with van der Waals surface area (Å²) in [5.74, 6) is 0.190. The average Bonchev–Trinajstić information content (AvgIpc) is 2.73. The van der Waals surface area contributed by atoms with E-state index in [4.69, 9.17) is 0 Å². The second-order valence-electron chi connectivity index (χ2n) is 5.03. The standard InChI is InChI=1S/C12H19NO3S/c1-12(11(15)16)6-4-7-13(12)10(14)9-5-2-3-8-17-9/h9H,2-8H2,1H3,(H,15,16). The lowest BCUT2D eigenvalue weighted by molar-refractivity contribution is -0.155. The fourth-order valence-electron chi connectivity index (χ4n) is 2.65. The molecule has 0 radical (unpaired) electrons. The summed E-state index contributed by atoms with van der Waals surface area (Å²) in [4.78, 5) is 25.3. The zero-order chi connectivity index (χ0) is 12.5. The minimum absolute atomic E-state index is 0.0134. The molecule has 4 nitrogen and oxygen atoms in total. The quantitative estimate of drug-likeness (QED) is 0.818. The number of thioether (sulfide) groups is 1. The van der Waals surface area contributed by atoms with Gasteiger partial charge in [-0.05, 0) is 38.4 Å². The number of carbonyl (C=O) groups is 2. The van der Waals surface area contributed by atoms with Crippen molar-refractivity contribution in [3.63, 3.8) is 0 Å². The molecule has 0 aromatic carbocycles. The first kappa shape index (κ1) is 12.7. The van der Waals surface area contributed by atoms with E-state index in [-0.39, 0.29) is 11.2 Å². The van der Waals surface area contributed by atoms with E-state index in [1.807, 2.05) is 0 Å². The number of hydrogen-bond donors (Lipinski definition) is 1. The van der Waals surface area contributed by atoms with Crippen molar-refractivity contribution in [2.45, 2.75) is 49.8 Å². The fraction of sp³-hybridized carbons (Fsp3) is 0.833. The molecule has 0 aromatic heterocycles. The molecule has 1 N–H and O–H groups in total. The molecule has 2 unspecified atom stereocenters. The van der Waals surface area contributed by atoms with Crippen LogP contribution >= 0.6 is 11.8 Å². The normalized spacial score (nSPS) is 33.7. The molecule has 2 atom stereocenters. The van der Waals surface area contributed by atoms with Crippen molar-refractivity contribution in [3.8, 4) is 0 Å². The lowest BCUT2D eigenvalue weighted by atomic mass is 9.98. The fourth-order valence-corrected chi connectivity index (χ4v) is 3.91. The van der Waals surface area contributed by atoms with Crippen molar-refractivity contribution in [1.29, 1.82) is 0 Å². The van der Waals surface area contributed by atoms with E-state index in [1.165, 1.54) is 6.42 Å². The van der Waals surface area contributed by atoms with Gasteiger partial charge >= 0.3 is 5.97 Å². The summed E-state index contributed by atoms with van der Waals surface area (Å²) in [6, 6.07) is 0. The Bertz CT molecular complexity index is 328. The van der Waals surface area contributed by atoms with Gasteiger partial charge in [0.2, 0.25) is 5.91 Å². The molecule has 17 heavy (non-hydrogen) atoms. The smallest absolute Gasteiger partial charge is 0.329 e. The molecule has 0 aromatic rings. The number of likely N-dealkylation sites (tertiary alicyclic amines) is 1. The zero-order valence-electron chi connectivity index (χ0n) is 10.1. The van der Waals surface area contributed by atoms with E-state index >= 15 is 0 Å². The Kier molecular flexibility index (Phi) is 3.66. The lowest BCUT2D eigenvalue weighted by Crippen LogP contribution is -2.53. The van der Waals surface area contributed by atoms with Gasteiger partial charge < -0.3 is 10.0 Å². The molecule has 2 saturated heterocycles. The van der Waals surface area contributed by atoms with E-state index in [0.29, 0.717) is 13.0 Å². The van der Waals surface area contributed by atoms with Crippen molar-refractivity contribution in [2.75, 3.05) is 12.3 Å². The van der Waals surface area contributed by atoms with E-state index in [1.54, 1.807) is 23.6 Å². The summed E-state index contributed by atoms with van der Waals surface area (Å²) in [6.07, 6.45) is 4.53. The SMILES string of the molecule is CC1(C(=O)O)CCCN1C(=O)C1CCCCS1. The topological polar surface area (TPSA) is 57.6 Å². The maximum Gasteiger partial charge on any atom is 0.329 e. The van der Waals surface area contributed by atoms with Crippen LogP contribution in [0.4, 0.5) is 0 Å². The highest BCUT2D eigenvalue weighted by atomic mass is 32.2. The van der Waals surface area contributed by atoms with Crippen molar-refractivity contribution >= 4 is 23.6 Å². The van der Waals surface area contributed by atoms with Crippen molar-refractivity contribution in [2.24, 2.45) is 0 Å². The van der Waals surface area contributed by atoms with Gasteiger partial charge in [0, 0.05) is 6.54 Å². The number of carboxylic acids is 1. The second kappa shape index (κ2) is 4.88. The van der Waals surface area contributed by atoms with Gasteiger partial charge in [-0.1, -0.05) is 6.42 Å². The van der Waals surface area contributed by atoms with Crippen molar-refractivity contribution < 1.29 is 14.7 Å². The molecule has 96 valence electrons. The van der Waals surface area contributed by atoms with Crippen LogP contribution in [0.5, 0.6) is 0 Å². The van der Waals surface area contributed by atoms with Gasteiger partial charge in [0.15, 0.2) is 0 Å². The van der Waals surface area contributed by atoms with Crippen LogP contribution in [0.2, 0.25) is 0 Å². The van der Waals surface area contributed by atoms with Crippen LogP contribution in [0.25, 0.3) is 0 Å². The highest BCUT2D eigenvalue weighted by molar-refractivity contribution is 8.00. The molecule has 0 aliphatic carbocycles. The van der Waals surface area contributed by atoms with E-state index < -0.39 is 11.5 Å². The van der Waals surface area contributed by atoms with E-state index in [2.05, 4.69) is 0 Å². The van der Waals surface area contributed by atoms with Gasteiger partial charge in [-0.3, -0.25) is 4.79 Å². The number of hydrogen-bond acceptors (Lipinski definition) is 3. The van der Waals surface area contributed by atoms with E-state index in [0.717, 1.165) is 25.0 Å². The predicted octanol–water partition coefficient (Wildman–Crippen LogP) is 1.74. The first-order valence-corrected chi connectivity index (χ1v) is 7.27. The monoisotopic (exact) mass is 257 g/mol. The summed E-state index contributed by atoms with van der Waals surface area (Å²) in [7, 11) is 0. The molecule has 2 aliphatic heterocycles. The molecule has 0 saturated carbocycles. The van der Waals surface area contributed by atoms with Gasteiger partial charge in [0.1, 0.15) is 5.54 Å². The summed E-state index contributed by atoms with van der Waals surface area (Å²) in [5.41, 5.74) is -0.977. The van der Waals surface area contributed by atoms with Crippen LogP contribution in [-0.2, 0) is 9.59 Å². The summed E-state index contributed by atoms with van der Waals surface area (Å²) >= 11 is 1.69. The minimum atomic E-state index is -0.977. The highest BCUT2D eigenvalue weighted by Gasteiger charge is 2.47. The van der Waals surface area contributed by atoms with Crippen LogP contribution in [-0.4, -0.2) is 45.0 Å². The molecule has 2 heterocycles. The molecule has 5 heteroatoms. The maximum atomic E-state index is 12.4. The van der Waals surface area contributed by atoms with Crippen LogP contribution in [0, 0.1) is 0 Å². The zero-order valence-corrected chi connectivity index (χ0v) is 11.0. The molecule has 2 rings (SSSR count). The number of nitrogens with zero attached hydrogens (tertiary/aromatic N) is 1. The third-order valence-electron chi connectivity index (χ3n) is 3.82. The molecular weight excluding hydrogens is 238 g/mol.